The van der Waals surface area contributed by atoms with Crippen molar-refractivity contribution in [3.63, 3.8) is 0 Å². The van der Waals surface area contributed by atoms with Crippen molar-refractivity contribution in [1.29, 1.82) is 0 Å². The summed E-state index contributed by atoms with van der Waals surface area (Å²) in [6.45, 7) is 7.26. The second-order valence-corrected chi connectivity index (χ2v) is 7.25. The average Bonchev–Trinajstić information content (AvgIpc) is 2.93. The minimum Gasteiger partial charge on any atom is -0.467 e. The van der Waals surface area contributed by atoms with Crippen molar-refractivity contribution in [2.75, 3.05) is 14.2 Å². The van der Waals surface area contributed by atoms with Gasteiger partial charge in [0.2, 0.25) is 0 Å². The molecule has 2 rings (SSSR count). The molecule has 0 bridgehead atoms. The molecular formula is C19H26N2O5. The fraction of sp³-hybridized carbons (Fsp3) is 0.526. The van der Waals surface area contributed by atoms with Gasteiger partial charge in [-0.1, -0.05) is 30.3 Å². The molecule has 0 aromatic heterocycles. The zero-order valence-corrected chi connectivity index (χ0v) is 16.1. The summed E-state index contributed by atoms with van der Waals surface area (Å²) in [7, 11) is 2.48. The fourth-order valence-electron chi connectivity index (χ4n) is 3.38. The van der Waals surface area contributed by atoms with Crippen molar-refractivity contribution < 1.29 is 23.9 Å². The van der Waals surface area contributed by atoms with Crippen LogP contribution in [0.1, 0.15) is 39.3 Å². The van der Waals surface area contributed by atoms with Crippen LogP contribution in [0.15, 0.2) is 30.3 Å². The van der Waals surface area contributed by atoms with E-state index >= 15 is 0 Å². The molecule has 0 aliphatic carbocycles. The van der Waals surface area contributed by atoms with E-state index in [1.807, 2.05) is 58.0 Å². The summed E-state index contributed by atoms with van der Waals surface area (Å²) in [5, 5.41) is 0. The first-order valence-corrected chi connectivity index (χ1v) is 8.47. The molecular weight excluding hydrogens is 336 g/mol. The van der Waals surface area contributed by atoms with Crippen LogP contribution < -0.4 is 0 Å². The van der Waals surface area contributed by atoms with Crippen molar-refractivity contribution in [2.45, 2.75) is 51.4 Å². The quantitative estimate of drug-likeness (QED) is 0.769. The number of amides is 2. The Morgan fingerprint density at radius 2 is 1.50 bits per heavy atom. The summed E-state index contributed by atoms with van der Waals surface area (Å²) < 4.78 is 9.82. The van der Waals surface area contributed by atoms with Gasteiger partial charge in [0.1, 0.15) is 0 Å². The molecule has 7 nitrogen and oxygen atoms in total. The lowest BCUT2D eigenvalue weighted by Crippen LogP contribution is -2.54. The third-order valence-corrected chi connectivity index (χ3v) is 4.61. The number of hydrogen-bond donors (Lipinski definition) is 0. The Hall–Kier alpha value is -2.57. The Kier molecular flexibility index (Phi) is 5.59. The number of hydrogen-bond acceptors (Lipinski definition) is 5. The molecule has 1 fully saturated rings. The van der Waals surface area contributed by atoms with E-state index in [0.717, 1.165) is 5.56 Å². The first kappa shape index (κ1) is 19.8. The average molecular weight is 362 g/mol. The molecule has 7 heteroatoms. The smallest absolute Gasteiger partial charge is 0.331 e. The molecule has 3 atom stereocenters. The van der Waals surface area contributed by atoms with Crippen molar-refractivity contribution >= 4 is 18.0 Å². The van der Waals surface area contributed by atoms with Gasteiger partial charge in [0.05, 0.1) is 20.3 Å². The predicted octanol–water partition coefficient (Wildman–Crippen LogP) is 2.37. The van der Waals surface area contributed by atoms with Gasteiger partial charge < -0.3 is 19.3 Å². The van der Waals surface area contributed by atoms with Gasteiger partial charge in [-0.3, -0.25) is 0 Å². The Morgan fingerprint density at radius 1 is 1.00 bits per heavy atom. The minimum atomic E-state index is -1.09. The molecule has 1 saturated heterocycles. The molecule has 3 unspecified atom stereocenters. The number of urea groups is 1. The van der Waals surface area contributed by atoms with Crippen molar-refractivity contribution in [2.24, 2.45) is 0 Å². The van der Waals surface area contributed by atoms with Crippen molar-refractivity contribution in [3.8, 4) is 0 Å². The lowest BCUT2D eigenvalue weighted by Gasteiger charge is -2.35. The molecule has 0 spiro atoms. The highest BCUT2D eigenvalue weighted by molar-refractivity contribution is 5.97. The number of carbonyl (C=O) groups is 3. The number of nitrogens with zero attached hydrogens (tertiary/aromatic N) is 2. The number of rotatable bonds is 4. The topological polar surface area (TPSA) is 76.2 Å². The van der Waals surface area contributed by atoms with E-state index in [1.165, 1.54) is 24.0 Å². The maximum absolute atomic E-state index is 13.3. The van der Waals surface area contributed by atoms with Gasteiger partial charge >= 0.3 is 18.0 Å². The second-order valence-electron chi connectivity index (χ2n) is 7.25. The van der Waals surface area contributed by atoms with Gasteiger partial charge in [0.25, 0.3) is 0 Å². The van der Waals surface area contributed by atoms with Gasteiger partial charge in [0.15, 0.2) is 12.1 Å². The molecule has 2 amide bonds. The van der Waals surface area contributed by atoms with Crippen LogP contribution >= 0.6 is 0 Å². The van der Waals surface area contributed by atoms with Gasteiger partial charge in [-0.15, -0.1) is 0 Å². The Labute approximate surface area is 153 Å². The van der Waals surface area contributed by atoms with Crippen LogP contribution in [0.3, 0.4) is 0 Å². The molecule has 1 aromatic rings. The van der Waals surface area contributed by atoms with Crippen molar-refractivity contribution in [1.82, 2.24) is 9.80 Å². The Balaban J connectivity index is 2.59. The molecule has 26 heavy (non-hydrogen) atoms. The van der Waals surface area contributed by atoms with E-state index in [4.69, 9.17) is 9.47 Å². The number of esters is 2. The number of methoxy groups -OCH3 is 2. The number of ether oxygens (including phenoxy) is 2. The summed E-state index contributed by atoms with van der Waals surface area (Å²) in [4.78, 5) is 41.1. The van der Waals surface area contributed by atoms with Gasteiger partial charge in [-0.2, -0.15) is 0 Å². The molecule has 0 N–H and O–H groups in total. The first-order valence-electron chi connectivity index (χ1n) is 8.47. The fourth-order valence-corrected chi connectivity index (χ4v) is 3.38. The van der Waals surface area contributed by atoms with E-state index in [0.29, 0.717) is 0 Å². The highest BCUT2D eigenvalue weighted by Crippen LogP contribution is 2.37. The normalized spacial score (nSPS) is 21.5. The second kappa shape index (κ2) is 7.35. The lowest BCUT2D eigenvalue weighted by atomic mass is 10.00. The van der Waals surface area contributed by atoms with Crippen LogP contribution in [-0.4, -0.2) is 59.6 Å². The Morgan fingerprint density at radius 3 is 1.96 bits per heavy atom. The lowest BCUT2D eigenvalue weighted by molar-refractivity contribution is -0.156. The zero-order valence-electron chi connectivity index (χ0n) is 16.1. The van der Waals surface area contributed by atoms with Crippen LogP contribution in [0.25, 0.3) is 0 Å². The van der Waals surface area contributed by atoms with E-state index in [-0.39, 0.29) is 0 Å². The van der Waals surface area contributed by atoms with Gasteiger partial charge in [-0.05, 0) is 33.3 Å². The summed E-state index contributed by atoms with van der Waals surface area (Å²) >= 11 is 0. The molecule has 1 aromatic carbocycles. The van der Waals surface area contributed by atoms with Crippen LogP contribution in [0, 0.1) is 0 Å². The van der Waals surface area contributed by atoms with E-state index in [1.54, 1.807) is 0 Å². The first-order chi connectivity index (χ1) is 12.1. The molecule has 0 saturated carbocycles. The molecule has 1 heterocycles. The van der Waals surface area contributed by atoms with Crippen LogP contribution in [-0.2, 0) is 19.1 Å². The minimum absolute atomic E-state index is 0.403. The zero-order chi connectivity index (χ0) is 19.6. The SMILES string of the molecule is COC(=O)C1C(C(=O)OC)N(C(C)(C)C)C(=O)N1C(C)c1ccccc1. The maximum Gasteiger partial charge on any atom is 0.331 e. The third-order valence-electron chi connectivity index (χ3n) is 4.61. The highest BCUT2D eigenvalue weighted by Gasteiger charge is 2.58. The van der Waals surface area contributed by atoms with Crippen molar-refractivity contribution in [3.05, 3.63) is 35.9 Å². The third kappa shape index (κ3) is 3.38. The highest BCUT2D eigenvalue weighted by atomic mass is 16.5. The van der Waals surface area contributed by atoms with Crippen LogP contribution in [0.5, 0.6) is 0 Å². The largest absolute Gasteiger partial charge is 0.467 e. The van der Waals surface area contributed by atoms with Gasteiger partial charge in [0, 0.05) is 5.54 Å². The maximum atomic E-state index is 13.3. The number of carbonyl (C=O) groups excluding carboxylic acids is 3. The number of benzene rings is 1. The summed E-state index contributed by atoms with van der Waals surface area (Å²) in [6, 6.07) is 6.35. The van der Waals surface area contributed by atoms with Gasteiger partial charge in [-0.25, -0.2) is 14.4 Å². The summed E-state index contributed by atoms with van der Waals surface area (Å²) in [5.74, 6) is -1.30. The molecule has 1 aliphatic rings. The molecule has 142 valence electrons. The van der Waals surface area contributed by atoms with Crippen LogP contribution in [0.4, 0.5) is 4.79 Å². The molecule has 1 aliphatic heterocycles. The predicted molar refractivity (Wildman–Crippen MR) is 95.3 cm³/mol. The standard InChI is InChI=1S/C19H26N2O5/c1-12(13-10-8-7-9-11-13)20-14(16(22)25-5)15(17(23)26-6)21(18(20)24)19(2,3)4/h7-12,14-15H,1-6H3. The van der Waals surface area contributed by atoms with E-state index in [2.05, 4.69) is 0 Å². The molecule has 0 radical (unpaired) electrons. The Bertz CT molecular complexity index is 683. The monoisotopic (exact) mass is 362 g/mol. The summed E-state index contributed by atoms with van der Waals surface area (Å²) in [5.41, 5.74) is 0.169. The van der Waals surface area contributed by atoms with E-state index in [9.17, 15) is 14.4 Å². The van der Waals surface area contributed by atoms with Crippen LogP contribution in [0.2, 0.25) is 0 Å². The summed E-state index contributed by atoms with van der Waals surface area (Å²) in [6.07, 6.45) is 0. The van der Waals surface area contributed by atoms with E-state index < -0.39 is 41.6 Å².